The lowest BCUT2D eigenvalue weighted by molar-refractivity contribution is -0.140. The number of aryl methyl sites for hydroxylation is 1. The van der Waals surface area contributed by atoms with Gasteiger partial charge < -0.3 is 24.4 Å². The molecule has 0 spiro atoms. The third-order valence-corrected chi connectivity index (χ3v) is 7.61. The molecule has 1 aliphatic rings. The number of ether oxygens (including phenoxy) is 2. The van der Waals surface area contributed by atoms with Crippen molar-refractivity contribution in [3.63, 3.8) is 0 Å². The van der Waals surface area contributed by atoms with Gasteiger partial charge in [0.2, 0.25) is 0 Å². The van der Waals surface area contributed by atoms with E-state index in [0.29, 0.717) is 60.4 Å². The van der Waals surface area contributed by atoms with Crippen LogP contribution in [0.4, 0.5) is 0 Å². The number of Topliss-reactive ketones (excluding diaryl/α,β-unsaturated/α-hetero) is 1. The molecule has 0 saturated carbocycles. The molecule has 3 aromatic rings. The third-order valence-electron chi connectivity index (χ3n) is 7.61. The standard InChI is InChI=1S/C32H42N4O5/c1-6-10-13-20-41-24-16-15-23(21-25(24)40-9-4)29-27(31(38)32(39)36(29)19-18-34(7-2)8-3)30(37)28-22(5)33-26-14-11-12-17-35(26)28/h11-12,14-17,21,29,37H,6-10,13,18-20H2,1-5H3. The van der Waals surface area contributed by atoms with Gasteiger partial charge in [-0.05, 0) is 63.2 Å². The van der Waals surface area contributed by atoms with Gasteiger partial charge in [0.25, 0.3) is 11.7 Å². The van der Waals surface area contributed by atoms with Crippen molar-refractivity contribution < 1.29 is 24.2 Å². The number of aromatic nitrogens is 2. The molecule has 4 rings (SSSR count). The number of hydrogen-bond acceptors (Lipinski definition) is 7. The number of pyridine rings is 1. The zero-order chi connectivity index (χ0) is 29.5. The summed E-state index contributed by atoms with van der Waals surface area (Å²) in [6, 6.07) is 10.2. The van der Waals surface area contributed by atoms with E-state index in [1.807, 2.05) is 43.3 Å². The van der Waals surface area contributed by atoms with Gasteiger partial charge in [-0.2, -0.15) is 0 Å². The number of rotatable bonds is 14. The van der Waals surface area contributed by atoms with Gasteiger partial charge in [-0.25, -0.2) is 4.98 Å². The smallest absolute Gasteiger partial charge is 0.295 e. The Morgan fingerprint density at radius 1 is 1.02 bits per heavy atom. The summed E-state index contributed by atoms with van der Waals surface area (Å²) in [7, 11) is 0. The Morgan fingerprint density at radius 3 is 2.51 bits per heavy atom. The van der Waals surface area contributed by atoms with Crippen LogP contribution in [0.2, 0.25) is 0 Å². The Hall–Kier alpha value is -3.85. The normalized spacial score (nSPS) is 16.7. The van der Waals surface area contributed by atoms with Gasteiger partial charge in [-0.3, -0.25) is 14.0 Å². The molecule has 1 fully saturated rings. The minimum Gasteiger partial charge on any atom is -0.505 e. The van der Waals surface area contributed by atoms with Crippen LogP contribution in [0.3, 0.4) is 0 Å². The van der Waals surface area contributed by atoms with Crippen molar-refractivity contribution in [1.29, 1.82) is 0 Å². The summed E-state index contributed by atoms with van der Waals surface area (Å²) >= 11 is 0. The second-order valence-corrected chi connectivity index (χ2v) is 10.2. The lowest BCUT2D eigenvalue weighted by Crippen LogP contribution is -2.38. The monoisotopic (exact) mass is 562 g/mol. The lowest BCUT2D eigenvalue weighted by atomic mass is 9.96. The Balaban J connectivity index is 1.84. The highest BCUT2D eigenvalue weighted by atomic mass is 16.5. The number of hydrogen-bond donors (Lipinski definition) is 1. The topological polar surface area (TPSA) is 96.6 Å². The van der Waals surface area contributed by atoms with E-state index < -0.39 is 17.7 Å². The molecule has 1 saturated heterocycles. The number of carbonyl (C=O) groups is 2. The fourth-order valence-electron chi connectivity index (χ4n) is 5.39. The summed E-state index contributed by atoms with van der Waals surface area (Å²) < 4.78 is 13.7. The summed E-state index contributed by atoms with van der Waals surface area (Å²) in [5, 5.41) is 11.7. The SMILES string of the molecule is CCCCCOc1ccc(C2C(=C(O)c3c(C)nc4ccccn34)C(=O)C(=O)N2CCN(CC)CC)cc1OCC. The molecule has 9 heteroatoms. The molecule has 0 bridgehead atoms. The quantitative estimate of drug-likeness (QED) is 0.122. The van der Waals surface area contributed by atoms with Crippen LogP contribution in [-0.4, -0.2) is 75.4 Å². The first kappa shape index (κ1) is 30.1. The number of carbonyl (C=O) groups excluding carboxylic acids is 2. The molecular weight excluding hydrogens is 520 g/mol. The molecule has 0 aliphatic carbocycles. The number of aliphatic hydroxyl groups is 1. The summed E-state index contributed by atoms with van der Waals surface area (Å²) in [4.78, 5) is 35.5. The van der Waals surface area contributed by atoms with Crippen LogP contribution in [0.25, 0.3) is 11.4 Å². The third kappa shape index (κ3) is 6.25. The summed E-state index contributed by atoms with van der Waals surface area (Å²) in [5.74, 6) is -0.429. The van der Waals surface area contributed by atoms with Crippen LogP contribution in [0.1, 0.15) is 70.0 Å². The zero-order valence-electron chi connectivity index (χ0n) is 24.9. The van der Waals surface area contributed by atoms with Crippen molar-refractivity contribution >= 4 is 23.1 Å². The Morgan fingerprint density at radius 2 is 1.80 bits per heavy atom. The minimum absolute atomic E-state index is 0.0439. The molecule has 1 N–H and O–H groups in total. The minimum atomic E-state index is -0.799. The van der Waals surface area contributed by atoms with Crippen molar-refractivity contribution in [3.8, 4) is 11.5 Å². The molecule has 2 aromatic heterocycles. The highest BCUT2D eigenvalue weighted by molar-refractivity contribution is 6.46. The first-order valence-electron chi connectivity index (χ1n) is 14.7. The van der Waals surface area contributed by atoms with Gasteiger partial charge in [0.1, 0.15) is 11.3 Å². The maximum absolute atomic E-state index is 13.6. The number of ketones is 1. The number of fused-ring (bicyclic) bond motifs is 1. The Labute approximate surface area is 242 Å². The van der Waals surface area contributed by atoms with Gasteiger partial charge in [-0.15, -0.1) is 0 Å². The molecule has 9 nitrogen and oxygen atoms in total. The summed E-state index contributed by atoms with van der Waals surface area (Å²) in [6.07, 6.45) is 4.89. The number of aliphatic hydroxyl groups excluding tert-OH is 1. The molecule has 1 unspecified atom stereocenters. The summed E-state index contributed by atoms with van der Waals surface area (Å²) in [5.41, 5.74) is 2.31. The maximum Gasteiger partial charge on any atom is 0.295 e. The van der Waals surface area contributed by atoms with Crippen LogP contribution in [-0.2, 0) is 9.59 Å². The molecule has 41 heavy (non-hydrogen) atoms. The lowest BCUT2D eigenvalue weighted by Gasteiger charge is -2.28. The molecule has 1 aromatic carbocycles. The van der Waals surface area contributed by atoms with Gasteiger partial charge in [0, 0.05) is 19.3 Å². The van der Waals surface area contributed by atoms with Crippen LogP contribution in [0.15, 0.2) is 48.2 Å². The second kappa shape index (κ2) is 13.7. The number of likely N-dealkylation sites (tertiary alicyclic amines) is 1. The summed E-state index contributed by atoms with van der Waals surface area (Å²) in [6.45, 7) is 13.5. The van der Waals surface area contributed by atoms with E-state index in [1.54, 1.807) is 22.4 Å². The Bertz CT molecular complexity index is 1410. The van der Waals surface area contributed by atoms with Gasteiger partial charge >= 0.3 is 0 Å². The molecule has 1 atom stereocenters. The van der Waals surface area contributed by atoms with Gasteiger partial charge in [-0.1, -0.05) is 45.7 Å². The zero-order valence-corrected chi connectivity index (χ0v) is 24.9. The maximum atomic E-state index is 13.6. The number of amides is 1. The first-order valence-corrected chi connectivity index (χ1v) is 14.7. The van der Waals surface area contributed by atoms with Crippen LogP contribution >= 0.6 is 0 Å². The molecule has 1 amide bonds. The fraction of sp³-hybridized carbons (Fsp3) is 0.469. The second-order valence-electron chi connectivity index (χ2n) is 10.2. The molecule has 1 aliphatic heterocycles. The van der Waals surface area contributed by atoms with Crippen molar-refractivity contribution in [2.45, 2.75) is 59.9 Å². The highest BCUT2D eigenvalue weighted by Gasteiger charge is 2.46. The number of nitrogens with zero attached hydrogens (tertiary/aromatic N) is 4. The molecular formula is C32H42N4O5. The number of imidazole rings is 1. The van der Waals surface area contributed by atoms with E-state index in [9.17, 15) is 14.7 Å². The molecule has 220 valence electrons. The van der Waals surface area contributed by atoms with E-state index in [-0.39, 0.29) is 11.3 Å². The van der Waals surface area contributed by atoms with Crippen molar-refractivity contribution in [2.75, 3.05) is 39.4 Å². The van der Waals surface area contributed by atoms with E-state index in [2.05, 4.69) is 30.7 Å². The van der Waals surface area contributed by atoms with Crippen molar-refractivity contribution in [2.24, 2.45) is 0 Å². The molecule has 0 radical (unpaired) electrons. The number of likely N-dealkylation sites (N-methyl/N-ethyl adjacent to an activating group) is 1. The largest absolute Gasteiger partial charge is 0.505 e. The van der Waals surface area contributed by atoms with E-state index in [4.69, 9.17) is 9.47 Å². The van der Waals surface area contributed by atoms with E-state index in [0.717, 1.165) is 32.4 Å². The van der Waals surface area contributed by atoms with Gasteiger partial charge in [0.05, 0.1) is 30.5 Å². The van der Waals surface area contributed by atoms with Crippen LogP contribution in [0, 0.1) is 6.92 Å². The molecule has 3 heterocycles. The van der Waals surface area contributed by atoms with Crippen molar-refractivity contribution in [1.82, 2.24) is 19.2 Å². The van der Waals surface area contributed by atoms with Crippen LogP contribution < -0.4 is 9.47 Å². The number of benzene rings is 1. The fourth-order valence-corrected chi connectivity index (χ4v) is 5.39. The van der Waals surface area contributed by atoms with Crippen molar-refractivity contribution in [3.05, 3.63) is 65.1 Å². The van der Waals surface area contributed by atoms with E-state index >= 15 is 0 Å². The highest BCUT2D eigenvalue weighted by Crippen LogP contribution is 2.42. The average Bonchev–Trinajstić information content (AvgIpc) is 3.44. The number of unbranched alkanes of at least 4 members (excludes halogenated alkanes) is 2. The predicted molar refractivity (Wildman–Crippen MR) is 159 cm³/mol. The van der Waals surface area contributed by atoms with Crippen LogP contribution in [0.5, 0.6) is 11.5 Å². The predicted octanol–water partition coefficient (Wildman–Crippen LogP) is 5.37. The average molecular weight is 563 g/mol. The first-order chi connectivity index (χ1) is 19.9. The van der Waals surface area contributed by atoms with Gasteiger partial charge in [0.15, 0.2) is 17.3 Å². The Kier molecular flexibility index (Phi) is 10.0. The van der Waals surface area contributed by atoms with E-state index in [1.165, 1.54) is 0 Å².